The topological polar surface area (TPSA) is 76.8 Å². The molecule has 0 bridgehead atoms. The lowest BCUT2D eigenvalue weighted by atomic mass is 10.2. The summed E-state index contributed by atoms with van der Waals surface area (Å²) >= 11 is 2.65. The van der Waals surface area contributed by atoms with Crippen LogP contribution in [-0.2, 0) is 0 Å². The molecule has 0 saturated heterocycles. The third-order valence-electron chi connectivity index (χ3n) is 3.30. The Hall–Kier alpha value is -2.39. The van der Waals surface area contributed by atoms with Crippen molar-refractivity contribution < 1.29 is 0 Å². The highest BCUT2D eigenvalue weighted by atomic mass is 32.1. The van der Waals surface area contributed by atoms with E-state index in [-0.39, 0.29) is 5.56 Å². The molecule has 4 aromatic rings. The largest absolute Gasteiger partial charge is 0.377 e. The number of pyridine rings is 1. The van der Waals surface area contributed by atoms with Crippen LogP contribution in [0, 0.1) is 0 Å². The van der Waals surface area contributed by atoms with Gasteiger partial charge in [-0.15, -0.1) is 21.5 Å². The van der Waals surface area contributed by atoms with Crippen LogP contribution in [0.5, 0.6) is 0 Å². The zero-order valence-electron chi connectivity index (χ0n) is 11.7. The highest BCUT2D eigenvalue weighted by Crippen LogP contribution is 2.35. The summed E-state index contributed by atoms with van der Waals surface area (Å²) in [5.74, 6) is 0. The first-order chi connectivity index (χ1) is 10.7. The van der Waals surface area contributed by atoms with Gasteiger partial charge in [-0.2, -0.15) is 0 Å². The Morgan fingerprint density at radius 1 is 1.27 bits per heavy atom. The Morgan fingerprint density at radius 3 is 2.86 bits per heavy atom. The zero-order chi connectivity index (χ0) is 15.3. The van der Waals surface area contributed by atoms with E-state index >= 15 is 0 Å². The van der Waals surface area contributed by atoms with Gasteiger partial charge in [-0.1, -0.05) is 11.3 Å². The molecule has 0 aromatic carbocycles. The third-order valence-corrected chi connectivity index (χ3v) is 5.06. The Morgan fingerprint density at radius 2 is 2.14 bits per heavy atom. The maximum atomic E-state index is 12.7. The number of anilines is 1. The van der Waals surface area contributed by atoms with Gasteiger partial charge in [0.15, 0.2) is 0 Å². The van der Waals surface area contributed by atoms with Crippen LogP contribution in [0.15, 0.2) is 28.9 Å². The second-order valence-electron chi connectivity index (χ2n) is 4.83. The highest BCUT2D eigenvalue weighted by molar-refractivity contribution is 7.25. The van der Waals surface area contributed by atoms with E-state index in [0.29, 0.717) is 15.3 Å². The smallest absolute Gasteiger partial charge is 0.277 e. The Balaban J connectivity index is 2.11. The van der Waals surface area contributed by atoms with Crippen molar-refractivity contribution in [2.75, 3.05) is 19.0 Å². The summed E-state index contributed by atoms with van der Waals surface area (Å²) in [6, 6.07) is 1.92. The lowest BCUT2D eigenvalue weighted by Gasteiger charge is -2.13. The number of thiophene rings is 1. The number of aromatic nitrogens is 5. The molecule has 0 fully saturated rings. The van der Waals surface area contributed by atoms with Crippen LogP contribution >= 0.6 is 22.7 Å². The van der Waals surface area contributed by atoms with E-state index in [1.807, 2.05) is 25.1 Å². The van der Waals surface area contributed by atoms with E-state index in [1.165, 1.54) is 33.6 Å². The van der Waals surface area contributed by atoms with Crippen molar-refractivity contribution >= 4 is 48.8 Å². The second-order valence-corrected chi connectivity index (χ2v) is 6.64. The molecule has 0 aliphatic heterocycles. The van der Waals surface area contributed by atoms with Crippen molar-refractivity contribution in [2.45, 2.75) is 0 Å². The molecule has 4 rings (SSSR count). The lowest BCUT2D eigenvalue weighted by molar-refractivity contribution is 0.913. The van der Waals surface area contributed by atoms with Crippen LogP contribution in [0.2, 0.25) is 0 Å². The minimum atomic E-state index is -0.144. The number of hydrogen-bond donors (Lipinski definition) is 0. The summed E-state index contributed by atoms with van der Waals surface area (Å²) in [4.78, 5) is 24.4. The van der Waals surface area contributed by atoms with Gasteiger partial charge >= 0.3 is 0 Å². The second kappa shape index (κ2) is 4.82. The molecule has 0 atom stereocenters. The summed E-state index contributed by atoms with van der Waals surface area (Å²) in [5, 5.41) is 9.11. The van der Waals surface area contributed by atoms with Crippen LogP contribution < -0.4 is 10.5 Å². The maximum Gasteiger partial charge on any atom is 0.277 e. The number of fused-ring (bicyclic) bond motifs is 3. The molecular weight excluding hydrogens is 320 g/mol. The van der Waals surface area contributed by atoms with Crippen molar-refractivity contribution in [2.24, 2.45) is 0 Å². The lowest BCUT2D eigenvalue weighted by Crippen LogP contribution is -2.17. The molecule has 7 nitrogen and oxygen atoms in total. The number of hydrogen-bond acceptors (Lipinski definition) is 8. The standard InChI is InChI=1S/C13H10N6OS2/c1-18(2)7-3-4-14-11-8(7)9-10(22-11)12(20)19(5-15-9)13-17-16-6-21-13/h3-6H,1-2H3. The Kier molecular flexibility index (Phi) is 2.91. The van der Waals surface area contributed by atoms with E-state index in [1.54, 1.807) is 11.7 Å². The van der Waals surface area contributed by atoms with Crippen molar-refractivity contribution in [1.29, 1.82) is 0 Å². The summed E-state index contributed by atoms with van der Waals surface area (Å²) in [6.45, 7) is 0. The molecule has 0 saturated carbocycles. The Labute approximate surface area is 132 Å². The third kappa shape index (κ3) is 1.82. The molecule has 0 radical (unpaired) electrons. The van der Waals surface area contributed by atoms with E-state index in [4.69, 9.17) is 0 Å². The minimum absolute atomic E-state index is 0.144. The summed E-state index contributed by atoms with van der Waals surface area (Å²) < 4.78 is 2.00. The minimum Gasteiger partial charge on any atom is -0.377 e. The van der Waals surface area contributed by atoms with Crippen molar-refractivity contribution in [3.63, 3.8) is 0 Å². The first-order valence-corrected chi connectivity index (χ1v) is 8.09. The fourth-order valence-corrected chi connectivity index (χ4v) is 3.89. The molecule has 22 heavy (non-hydrogen) atoms. The van der Waals surface area contributed by atoms with Crippen LogP contribution in [0.3, 0.4) is 0 Å². The van der Waals surface area contributed by atoms with Crippen molar-refractivity contribution in [3.05, 3.63) is 34.5 Å². The van der Waals surface area contributed by atoms with Gasteiger partial charge in [-0.05, 0) is 6.07 Å². The molecule has 4 aromatic heterocycles. The normalized spacial score (nSPS) is 11.4. The molecular formula is C13H10N6OS2. The first kappa shape index (κ1) is 13.3. The van der Waals surface area contributed by atoms with Crippen LogP contribution in [0.25, 0.3) is 25.6 Å². The predicted molar refractivity (Wildman–Crippen MR) is 88.3 cm³/mol. The van der Waals surface area contributed by atoms with Gasteiger partial charge in [0, 0.05) is 20.3 Å². The quantitative estimate of drug-likeness (QED) is 0.559. The molecule has 0 unspecified atom stereocenters. The van der Waals surface area contributed by atoms with Crippen molar-refractivity contribution in [1.82, 2.24) is 24.7 Å². The molecule has 0 spiro atoms. The average Bonchev–Trinajstić information content (AvgIpc) is 3.14. The van der Waals surface area contributed by atoms with Gasteiger partial charge in [0.1, 0.15) is 26.9 Å². The van der Waals surface area contributed by atoms with Crippen LogP contribution in [0.4, 0.5) is 5.69 Å². The highest BCUT2D eigenvalue weighted by Gasteiger charge is 2.17. The van der Waals surface area contributed by atoms with E-state index in [9.17, 15) is 4.79 Å². The molecule has 110 valence electrons. The Bertz CT molecular complexity index is 1030. The van der Waals surface area contributed by atoms with Gasteiger partial charge in [0.2, 0.25) is 5.13 Å². The fourth-order valence-electron chi connectivity index (χ4n) is 2.32. The first-order valence-electron chi connectivity index (χ1n) is 6.39. The summed E-state index contributed by atoms with van der Waals surface area (Å²) in [7, 11) is 3.92. The van der Waals surface area contributed by atoms with Crippen molar-refractivity contribution in [3.8, 4) is 5.13 Å². The molecule has 0 N–H and O–H groups in total. The monoisotopic (exact) mass is 330 g/mol. The number of rotatable bonds is 2. The van der Waals surface area contributed by atoms with E-state index in [0.717, 1.165) is 15.9 Å². The summed E-state index contributed by atoms with van der Waals surface area (Å²) in [6.07, 6.45) is 3.25. The average molecular weight is 330 g/mol. The van der Waals surface area contributed by atoms with Crippen LogP contribution in [-0.4, -0.2) is 38.8 Å². The van der Waals surface area contributed by atoms with E-state index < -0.39 is 0 Å². The van der Waals surface area contributed by atoms with Gasteiger partial charge in [0.05, 0.1) is 11.1 Å². The zero-order valence-corrected chi connectivity index (χ0v) is 13.4. The summed E-state index contributed by atoms with van der Waals surface area (Å²) in [5.41, 5.74) is 3.12. The predicted octanol–water partition coefficient (Wildman–Crippen LogP) is 1.91. The molecule has 0 aliphatic carbocycles. The molecule has 0 aliphatic rings. The SMILES string of the molecule is CN(C)c1ccnc2sc3c(=O)n(-c4nncs4)cnc3c12. The number of nitrogens with zero attached hydrogens (tertiary/aromatic N) is 6. The molecule has 4 heterocycles. The van der Waals surface area contributed by atoms with Crippen LogP contribution in [0.1, 0.15) is 0 Å². The van der Waals surface area contributed by atoms with Gasteiger partial charge in [0.25, 0.3) is 5.56 Å². The molecule has 0 amide bonds. The van der Waals surface area contributed by atoms with Gasteiger partial charge < -0.3 is 4.90 Å². The van der Waals surface area contributed by atoms with Gasteiger partial charge in [-0.3, -0.25) is 4.79 Å². The maximum absolute atomic E-state index is 12.7. The molecule has 9 heteroatoms. The van der Waals surface area contributed by atoms with Gasteiger partial charge in [-0.25, -0.2) is 14.5 Å². The fraction of sp³-hybridized carbons (Fsp3) is 0.154. The van der Waals surface area contributed by atoms with E-state index in [2.05, 4.69) is 20.2 Å².